The van der Waals surface area contributed by atoms with Gasteiger partial charge < -0.3 is 4.55 Å². The molecule has 0 bridgehead atoms. The maximum absolute atomic E-state index is 9.22. The minimum Gasteiger partial charge on any atom is -0.726 e. The van der Waals surface area contributed by atoms with E-state index in [0.29, 0.717) is 0 Å². The zero-order valence-electron chi connectivity index (χ0n) is 11.2. The number of nitrogens with zero attached hydrogens (tertiary/aromatic N) is 1. The number of aryl methyl sites for hydroxylation is 2. The second-order valence-electron chi connectivity index (χ2n) is 3.85. The quantitative estimate of drug-likeness (QED) is 0.476. The van der Waals surface area contributed by atoms with E-state index in [-0.39, 0.29) is 0 Å². The Kier molecular flexibility index (Phi) is 5.41. The monoisotopic (exact) mass is 283 g/mol. The molecule has 0 spiro atoms. The molecule has 0 aliphatic carbocycles. The third-order valence-corrected chi connectivity index (χ3v) is 3.09. The molecule has 0 amide bonds. The predicted octanol–water partition coefficient (Wildman–Crippen LogP) is 1.55. The van der Waals surface area contributed by atoms with Crippen molar-refractivity contribution in [1.82, 2.24) is 0 Å². The summed E-state index contributed by atoms with van der Waals surface area (Å²) >= 11 is 0. The van der Waals surface area contributed by atoms with Gasteiger partial charge in [0.1, 0.15) is 6.54 Å². The van der Waals surface area contributed by atoms with Gasteiger partial charge in [-0.15, -0.1) is 0 Å². The van der Waals surface area contributed by atoms with Crippen molar-refractivity contribution in [3.8, 4) is 0 Å². The smallest absolute Gasteiger partial charge is 0.217 e. The molecule has 104 valence electrons. The summed E-state index contributed by atoms with van der Waals surface area (Å²) in [5.41, 5.74) is 2.64. The van der Waals surface area contributed by atoms with Crippen molar-refractivity contribution in [2.75, 3.05) is 7.11 Å². The lowest BCUT2D eigenvalue weighted by atomic mass is 10.2. The van der Waals surface area contributed by atoms with Gasteiger partial charge in [-0.05, 0) is 19.1 Å². The van der Waals surface area contributed by atoms with Crippen LogP contribution in [0.25, 0.3) is 10.9 Å². The first-order valence-corrected chi connectivity index (χ1v) is 7.12. The first-order valence-electron chi connectivity index (χ1n) is 5.78. The van der Waals surface area contributed by atoms with Crippen LogP contribution in [-0.4, -0.2) is 20.1 Å². The normalized spacial score (nSPS) is 10.9. The van der Waals surface area contributed by atoms with Crippen LogP contribution in [0.15, 0.2) is 36.4 Å². The number of pyridine rings is 1. The molecule has 1 aromatic heterocycles. The fourth-order valence-electron chi connectivity index (χ4n) is 1.78. The van der Waals surface area contributed by atoms with Crippen molar-refractivity contribution >= 4 is 21.3 Å². The van der Waals surface area contributed by atoms with E-state index in [2.05, 4.69) is 59.0 Å². The van der Waals surface area contributed by atoms with Crippen molar-refractivity contribution in [1.29, 1.82) is 0 Å². The lowest BCUT2D eigenvalue weighted by Crippen LogP contribution is -2.36. The number of hydrogen-bond acceptors (Lipinski definition) is 4. The van der Waals surface area contributed by atoms with E-state index in [1.807, 2.05) is 0 Å². The van der Waals surface area contributed by atoms with Gasteiger partial charge in [-0.1, -0.05) is 12.1 Å². The number of para-hydroxylation sites is 1. The third-order valence-electron chi connectivity index (χ3n) is 2.68. The molecule has 1 aromatic carbocycles. The molecule has 0 saturated carbocycles. The predicted molar refractivity (Wildman–Crippen MR) is 71.3 cm³/mol. The largest absolute Gasteiger partial charge is 0.726 e. The fraction of sp³-hybridized carbons (Fsp3) is 0.308. The summed E-state index contributed by atoms with van der Waals surface area (Å²) in [5.74, 6) is 0. The van der Waals surface area contributed by atoms with Crippen LogP contribution in [0.4, 0.5) is 0 Å². The molecule has 0 N–H and O–H groups in total. The molecule has 0 atom stereocenters. The van der Waals surface area contributed by atoms with Crippen LogP contribution in [0.2, 0.25) is 0 Å². The van der Waals surface area contributed by atoms with Crippen molar-refractivity contribution in [3.63, 3.8) is 0 Å². The maximum Gasteiger partial charge on any atom is 0.217 e. The van der Waals surface area contributed by atoms with E-state index < -0.39 is 10.4 Å². The number of aromatic nitrogens is 1. The number of fused-ring (bicyclic) bond motifs is 1. The molecule has 0 saturated heterocycles. The number of rotatable bonds is 2. The van der Waals surface area contributed by atoms with E-state index in [9.17, 15) is 13.0 Å². The Hall–Kier alpha value is -1.50. The molecule has 0 radical (unpaired) electrons. The highest BCUT2D eigenvalue weighted by molar-refractivity contribution is 7.80. The van der Waals surface area contributed by atoms with Crippen molar-refractivity contribution in [2.45, 2.75) is 20.4 Å². The summed E-state index contributed by atoms with van der Waals surface area (Å²) in [4.78, 5) is 0. The zero-order valence-corrected chi connectivity index (χ0v) is 12.0. The van der Waals surface area contributed by atoms with Crippen LogP contribution in [0.3, 0.4) is 0 Å². The van der Waals surface area contributed by atoms with Crippen molar-refractivity contribution in [2.24, 2.45) is 0 Å². The molecule has 0 aliphatic rings. The average molecular weight is 283 g/mol. The van der Waals surface area contributed by atoms with Crippen molar-refractivity contribution in [3.05, 3.63) is 42.1 Å². The Morgan fingerprint density at radius 2 is 1.79 bits per heavy atom. The highest BCUT2D eigenvalue weighted by Crippen LogP contribution is 2.09. The molecule has 2 aromatic rings. The van der Waals surface area contributed by atoms with Gasteiger partial charge in [0, 0.05) is 24.4 Å². The zero-order chi connectivity index (χ0) is 14.5. The van der Waals surface area contributed by atoms with Crippen LogP contribution in [0.1, 0.15) is 12.6 Å². The SMILES string of the molecule is CC[n+]1c(C)ccc2ccccc21.COS(=O)(=O)[O-]. The second-order valence-corrected chi connectivity index (χ2v) is 5.00. The average Bonchev–Trinajstić information content (AvgIpc) is 2.38. The van der Waals surface area contributed by atoms with E-state index in [0.717, 1.165) is 13.7 Å². The molecule has 0 fully saturated rings. The van der Waals surface area contributed by atoms with Crippen LogP contribution in [-0.2, 0) is 21.1 Å². The van der Waals surface area contributed by atoms with Gasteiger partial charge in [0.25, 0.3) is 0 Å². The number of hydrogen-bond donors (Lipinski definition) is 0. The number of benzene rings is 1. The van der Waals surface area contributed by atoms with Gasteiger partial charge in [-0.3, -0.25) is 4.18 Å². The Morgan fingerprint density at radius 1 is 1.21 bits per heavy atom. The molecule has 5 nitrogen and oxygen atoms in total. The van der Waals surface area contributed by atoms with Gasteiger partial charge in [0.15, 0.2) is 5.69 Å². The fourth-order valence-corrected chi connectivity index (χ4v) is 1.78. The lowest BCUT2D eigenvalue weighted by molar-refractivity contribution is -0.673. The summed E-state index contributed by atoms with van der Waals surface area (Å²) < 4.78 is 33.3. The van der Waals surface area contributed by atoms with E-state index in [1.165, 1.54) is 16.6 Å². The highest BCUT2D eigenvalue weighted by Gasteiger charge is 2.08. The molecule has 19 heavy (non-hydrogen) atoms. The first-order chi connectivity index (χ1) is 8.89. The standard InChI is InChI=1S/C12H14N.CH4O4S/c1-3-13-10(2)8-9-11-6-4-5-7-12(11)13;1-5-6(2,3)4/h4-9H,3H2,1-2H3;1H3,(H,2,3,4)/q+1;/p-1. The lowest BCUT2D eigenvalue weighted by Gasteiger charge is -2.01. The molecule has 6 heteroatoms. The molecule has 1 heterocycles. The topological polar surface area (TPSA) is 70.3 Å². The van der Waals surface area contributed by atoms with Gasteiger partial charge >= 0.3 is 0 Å². The van der Waals surface area contributed by atoms with Gasteiger partial charge in [0.05, 0.1) is 7.11 Å². The molecule has 0 aliphatic heterocycles. The minimum absolute atomic E-state index is 0.808. The van der Waals surface area contributed by atoms with Gasteiger partial charge in [-0.2, -0.15) is 4.57 Å². The van der Waals surface area contributed by atoms with Gasteiger partial charge in [0.2, 0.25) is 15.9 Å². The van der Waals surface area contributed by atoms with Crippen LogP contribution in [0, 0.1) is 6.92 Å². The summed E-state index contributed by atoms with van der Waals surface area (Å²) in [6.07, 6.45) is 0. The summed E-state index contributed by atoms with van der Waals surface area (Å²) in [7, 11) is -3.60. The van der Waals surface area contributed by atoms with E-state index >= 15 is 0 Å². The van der Waals surface area contributed by atoms with Crippen molar-refractivity contribution < 1.29 is 21.7 Å². The Morgan fingerprint density at radius 3 is 2.32 bits per heavy atom. The molecular formula is C13H17NO4S. The molecule has 0 unspecified atom stereocenters. The van der Waals surface area contributed by atoms with E-state index in [1.54, 1.807) is 0 Å². The molecular weight excluding hydrogens is 266 g/mol. The Bertz CT molecular complexity index is 653. The summed E-state index contributed by atoms with van der Waals surface area (Å²) in [6, 6.07) is 12.8. The van der Waals surface area contributed by atoms with E-state index in [4.69, 9.17) is 0 Å². The summed E-state index contributed by atoms with van der Waals surface area (Å²) in [6.45, 7) is 5.36. The minimum atomic E-state index is -4.41. The second kappa shape index (κ2) is 6.60. The first kappa shape index (κ1) is 15.6. The third kappa shape index (κ3) is 4.59. The van der Waals surface area contributed by atoms with Crippen LogP contribution >= 0.6 is 0 Å². The molecule has 2 rings (SSSR count). The Labute approximate surface area is 113 Å². The summed E-state index contributed by atoms with van der Waals surface area (Å²) in [5, 5.41) is 1.31. The van der Waals surface area contributed by atoms with Gasteiger partial charge in [-0.25, -0.2) is 8.42 Å². The highest BCUT2D eigenvalue weighted by atomic mass is 32.3. The van der Waals surface area contributed by atoms with Crippen LogP contribution < -0.4 is 4.57 Å². The maximum atomic E-state index is 9.22. The van der Waals surface area contributed by atoms with Crippen LogP contribution in [0.5, 0.6) is 0 Å². The Balaban J connectivity index is 0.000000258.